The molecule has 0 N–H and O–H groups in total. The molecule has 0 aliphatic rings. The smallest absolute Gasteiger partial charge is 0.358 e. The van der Waals surface area contributed by atoms with Gasteiger partial charge in [-0.2, -0.15) is 0 Å². The number of benzene rings is 1. The van der Waals surface area contributed by atoms with E-state index in [2.05, 4.69) is 20.9 Å². The van der Waals surface area contributed by atoms with Crippen molar-refractivity contribution in [3.63, 3.8) is 0 Å². The molecule has 0 bridgehead atoms. The molecule has 0 atom stereocenters. The average molecular weight is 358 g/mol. The molecule has 0 aliphatic heterocycles. The van der Waals surface area contributed by atoms with Gasteiger partial charge in [0.05, 0.1) is 31.7 Å². The van der Waals surface area contributed by atoms with Crippen LogP contribution in [0.4, 0.5) is 0 Å². The lowest BCUT2D eigenvalue weighted by molar-refractivity contribution is 0.0596. The van der Waals surface area contributed by atoms with Crippen LogP contribution in [0.1, 0.15) is 10.5 Å². The van der Waals surface area contributed by atoms with Gasteiger partial charge in [-0.3, -0.25) is 0 Å². The Morgan fingerprint density at radius 3 is 2.45 bits per heavy atom. The standard InChI is InChI=1S/C13H12BrNO4S/c1-17-9-4-7(8(14)5-10(9)18-2)12-11(13(16)19-3)15-6-20-12/h4-6H,1-3H3. The van der Waals surface area contributed by atoms with E-state index >= 15 is 0 Å². The second-order valence-electron chi connectivity index (χ2n) is 3.71. The van der Waals surface area contributed by atoms with Crippen LogP contribution in [0.25, 0.3) is 10.4 Å². The topological polar surface area (TPSA) is 57.7 Å². The highest BCUT2D eigenvalue weighted by Gasteiger charge is 2.20. The predicted molar refractivity (Wildman–Crippen MR) is 79.7 cm³/mol. The third kappa shape index (κ3) is 2.64. The third-order valence-corrected chi connectivity index (χ3v) is 4.18. The molecule has 0 amide bonds. The van der Waals surface area contributed by atoms with Gasteiger partial charge in [-0.15, -0.1) is 11.3 Å². The first kappa shape index (κ1) is 14.8. The fourth-order valence-electron chi connectivity index (χ4n) is 1.71. The average Bonchev–Trinajstić information content (AvgIpc) is 2.95. The summed E-state index contributed by atoms with van der Waals surface area (Å²) < 4.78 is 16.0. The quantitative estimate of drug-likeness (QED) is 0.785. The molecule has 0 saturated heterocycles. The van der Waals surface area contributed by atoms with E-state index in [0.717, 1.165) is 10.0 Å². The van der Waals surface area contributed by atoms with Gasteiger partial charge in [0.1, 0.15) is 0 Å². The Hall–Kier alpha value is -1.60. The molecule has 7 heteroatoms. The van der Waals surface area contributed by atoms with E-state index < -0.39 is 5.97 Å². The summed E-state index contributed by atoms with van der Waals surface area (Å²) in [7, 11) is 4.45. The van der Waals surface area contributed by atoms with Crippen molar-refractivity contribution in [1.82, 2.24) is 4.98 Å². The van der Waals surface area contributed by atoms with Gasteiger partial charge in [0.2, 0.25) is 0 Å². The zero-order chi connectivity index (χ0) is 14.7. The van der Waals surface area contributed by atoms with Gasteiger partial charge in [0.15, 0.2) is 17.2 Å². The first-order valence-electron chi connectivity index (χ1n) is 5.56. The normalized spacial score (nSPS) is 10.2. The van der Waals surface area contributed by atoms with E-state index in [-0.39, 0.29) is 5.69 Å². The molecule has 2 rings (SSSR count). The number of aromatic nitrogens is 1. The number of halogens is 1. The number of methoxy groups -OCH3 is 3. The van der Waals surface area contributed by atoms with E-state index in [4.69, 9.17) is 14.2 Å². The molecule has 2 aromatic rings. The molecular formula is C13H12BrNO4S. The molecule has 20 heavy (non-hydrogen) atoms. The number of carbonyl (C=O) groups excluding carboxylic acids is 1. The Morgan fingerprint density at radius 2 is 1.85 bits per heavy atom. The van der Waals surface area contributed by atoms with Crippen molar-refractivity contribution in [3.05, 3.63) is 27.8 Å². The summed E-state index contributed by atoms with van der Waals surface area (Å²) in [6, 6.07) is 3.58. The SMILES string of the molecule is COC(=O)c1ncsc1-c1cc(OC)c(OC)cc1Br. The highest BCUT2D eigenvalue weighted by molar-refractivity contribution is 9.10. The summed E-state index contributed by atoms with van der Waals surface area (Å²) in [5.74, 6) is 0.713. The van der Waals surface area contributed by atoms with Gasteiger partial charge in [-0.05, 0) is 28.1 Å². The maximum atomic E-state index is 11.7. The van der Waals surface area contributed by atoms with E-state index in [0.29, 0.717) is 16.4 Å². The molecular weight excluding hydrogens is 346 g/mol. The van der Waals surface area contributed by atoms with E-state index in [1.54, 1.807) is 31.9 Å². The molecule has 106 valence electrons. The number of ether oxygens (including phenoxy) is 3. The second kappa shape index (κ2) is 6.23. The van der Waals surface area contributed by atoms with Crippen molar-refractivity contribution in [3.8, 4) is 21.9 Å². The summed E-state index contributed by atoms with van der Waals surface area (Å²) in [6.45, 7) is 0. The van der Waals surface area contributed by atoms with Crippen molar-refractivity contribution in [2.45, 2.75) is 0 Å². The van der Waals surface area contributed by atoms with Crippen molar-refractivity contribution in [2.24, 2.45) is 0 Å². The van der Waals surface area contributed by atoms with Crippen molar-refractivity contribution in [2.75, 3.05) is 21.3 Å². The molecule has 0 radical (unpaired) electrons. The Morgan fingerprint density at radius 1 is 1.20 bits per heavy atom. The minimum absolute atomic E-state index is 0.283. The van der Waals surface area contributed by atoms with Crippen LogP contribution in [-0.2, 0) is 4.74 Å². The minimum atomic E-state index is -0.470. The number of nitrogens with zero attached hydrogens (tertiary/aromatic N) is 1. The number of thiazole rings is 1. The van der Waals surface area contributed by atoms with E-state index in [1.165, 1.54) is 18.4 Å². The highest BCUT2D eigenvalue weighted by atomic mass is 79.9. The molecule has 1 aromatic heterocycles. The van der Waals surface area contributed by atoms with Crippen LogP contribution in [-0.4, -0.2) is 32.3 Å². The number of hydrogen-bond acceptors (Lipinski definition) is 6. The number of rotatable bonds is 4. The summed E-state index contributed by atoms with van der Waals surface area (Å²) in [5.41, 5.74) is 2.68. The van der Waals surface area contributed by atoms with Gasteiger partial charge in [-0.1, -0.05) is 0 Å². The Balaban J connectivity index is 2.59. The van der Waals surface area contributed by atoms with Gasteiger partial charge >= 0.3 is 5.97 Å². The first-order valence-corrected chi connectivity index (χ1v) is 7.23. The number of carbonyl (C=O) groups is 1. The molecule has 0 unspecified atom stereocenters. The lowest BCUT2D eigenvalue weighted by Crippen LogP contribution is -2.03. The summed E-state index contributed by atoms with van der Waals surface area (Å²) in [6.07, 6.45) is 0. The predicted octanol–water partition coefficient (Wildman–Crippen LogP) is 3.38. The van der Waals surface area contributed by atoms with Crippen LogP contribution >= 0.6 is 27.3 Å². The summed E-state index contributed by atoms with van der Waals surface area (Å²) in [5, 5.41) is 0. The van der Waals surface area contributed by atoms with Crippen LogP contribution < -0.4 is 9.47 Å². The fourth-order valence-corrected chi connectivity index (χ4v) is 3.17. The second-order valence-corrected chi connectivity index (χ2v) is 5.42. The monoisotopic (exact) mass is 357 g/mol. The Labute approximate surface area is 128 Å². The minimum Gasteiger partial charge on any atom is -0.493 e. The van der Waals surface area contributed by atoms with E-state index in [9.17, 15) is 4.79 Å². The van der Waals surface area contributed by atoms with Crippen molar-refractivity contribution < 1.29 is 19.0 Å². The van der Waals surface area contributed by atoms with Crippen LogP contribution in [0, 0.1) is 0 Å². The molecule has 1 heterocycles. The molecule has 0 saturated carbocycles. The largest absolute Gasteiger partial charge is 0.493 e. The highest BCUT2D eigenvalue weighted by Crippen LogP contribution is 2.41. The van der Waals surface area contributed by atoms with Crippen LogP contribution in [0.15, 0.2) is 22.1 Å². The zero-order valence-corrected chi connectivity index (χ0v) is 13.5. The van der Waals surface area contributed by atoms with E-state index in [1.807, 2.05) is 0 Å². The maximum absolute atomic E-state index is 11.7. The lowest BCUT2D eigenvalue weighted by atomic mass is 10.1. The first-order chi connectivity index (χ1) is 9.62. The molecule has 0 aliphatic carbocycles. The van der Waals surface area contributed by atoms with Crippen molar-refractivity contribution in [1.29, 1.82) is 0 Å². The van der Waals surface area contributed by atoms with Crippen molar-refractivity contribution >= 4 is 33.2 Å². The van der Waals surface area contributed by atoms with Gasteiger partial charge < -0.3 is 14.2 Å². The summed E-state index contributed by atoms with van der Waals surface area (Å²) >= 11 is 4.82. The summed E-state index contributed by atoms with van der Waals surface area (Å²) in [4.78, 5) is 16.5. The van der Waals surface area contributed by atoms with Crippen LogP contribution in [0.2, 0.25) is 0 Å². The third-order valence-electron chi connectivity index (χ3n) is 2.66. The van der Waals surface area contributed by atoms with Crippen LogP contribution in [0.5, 0.6) is 11.5 Å². The molecule has 1 aromatic carbocycles. The number of hydrogen-bond donors (Lipinski definition) is 0. The lowest BCUT2D eigenvalue weighted by Gasteiger charge is -2.11. The Bertz CT molecular complexity index is 641. The molecule has 0 spiro atoms. The Kier molecular flexibility index (Phi) is 4.61. The maximum Gasteiger partial charge on any atom is 0.358 e. The zero-order valence-electron chi connectivity index (χ0n) is 11.1. The van der Waals surface area contributed by atoms with Gasteiger partial charge in [0.25, 0.3) is 0 Å². The van der Waals surface area contributed by atoms with Gasteiger partial charge in [0, 0.05) is 10.0 Å². The molecule has 5 nitrogen and oxygen atoms in total. The molecule has 0 fully saturated rings. The fraction of sp³-hybridized carbons (Fsp3) is 0.231. The van der Waals surface area contributed by atoms with Crippen LogP contribution in [0.3, 0.4) is 0 Å². The van der Waals surface area contributed by atoms with Gasteiger partial charge in [-0.25, -0.2) is 9.78 Å². The number of esters is 1.